The lowest BCUT2D eigenvalue weighted by Gasteiger charge is -2.35. The van der Waals surface area contributed by atoms with Crippen LogP contribution in [0.5, 0.6) is 0 Å². The molecule has 1 aromatic heterocycles. The van der Waals surface area contributed by atoms with E-state index in [0.29, 0.717) is 18.4 Å². The molecule has 0 aliphatic carbocycles. The second-order valence-corrected chi connectivity index (χ2v) is 6.44. The van der Waals surface area contributed by atoms with Gasteiger partial charge < -0.3 is 5.11 Å². The van der Waals surface area contributed by atoms with Crippen LogP contribution in [0.3, 0.4) is 0 Å². The smallest absolute Gasteiger partial charge is 0.303 e. The Kier molecular flexibility index (Phi) is 4.93. The highest BCUT2D eigenvalue weighted by molar-refractivity contribution is 7.09. The van der Waals surface area contributed by atoms with Gasteiger partial charge in [0.1, 0.15) is 0 Å². The number of carboxylic acid groups (broad SMARTS) is 1. The van der Waals surface area contributed by atoms with Crippen LogP contribution in [0.15, 0.2) is 5.38 Å². The quantitative estimate of drug-likeness (QED) is 0.901. The van der Waals surface area contributed by atoms with Crippen molar-refractivity contribution in [2.45, 2.75) is 45.6 Å². The molecule has 2 heterocycles. The number of carboxylic acids is 1. The fraction of sp³-hybridized carbons (Fsp3) is 0.714. The Labute approximate surface area is 118 Å². The maximum Gasteiger partial charge on any atom is 0.303 e. The minimum Gasteiger partial charge on any atom is -0.481 e. The first kappa shape index (κ1) is 14.5. The maximum atomic E-state index is 10.6. The average molecular weight is 282 g/mol. The predicted octanol–water partition coefficient (Wildman–Crippen LogP) is 3.09. The van der Waals surface area contributed by atoms with Gasteiger partial charge in [-0.15, -0.1) is 11.3 Å². The number of likely N-dealkylation sites (tertiary alicyclic amines) is 1. The molecule has 1 atom stereocenters. The normalized spacial score (nSPS) is 19.5. The van der Waals surface area contributed by atoms with Crippen LogP contribution in [-0.4, -0.2) is 34.0 Å². The zero-order valence-corrected chi connectivity index (χ0v) is 12.4. The summed E-state index contributed by atoms with van der Waals surface area (Å²) in [4.78, 5) is 17.6. The molecule has 1 aromatic rings. The summed E-state index contributed by atoms with van der Waals surface area (Å²) in [5.41, 5.74) is 1.17. The Bertz CT molecular complexity index is 425. The molecule has 0 bridgehead atoms. The van der Waals surface area contributed by atoms with Crippen LogP contribution in [0.25, 0.3) is 0 Å². The number of aliphatic carboxylic acids is 1. The number of aromatic nitrogens is 1. The highest BCUT2D eigenvalue weighted by Crippen LogP contribution is 2.29. The van der Waals surface area contributed by atoms with Crippen LogP contribution in [0.1, 0.15) is 49.4 Å². The van der Waals surface area contributed by atoms with Crippen molar-refractivity contribution in [2.75, 3.05) is 13.1 Å². The Morgan fingerprint density at radius 2 is 2.26 bits per heavy atom. The van der Waals surface area contributed by atoms with Gasteiger partial charge in [-0.2, -0.15) is 0 Å². The van der Waals surface area contributed by atoms with Crippen molar-refractivity contribution in [2.24, 2.45) is 5.92 Å². The van der Waals surface area contributed by atoms with E-state index in [2.05, 4.69) is 22.2 Å². The minimum atomic E-state index is -0.672. The predicted molar refractivity (Wildman–Crippen MR) is 76.4 cm³/mol. The van der Waals surface area contributed by atoms with Gasteiger partial charge in [0.05, 0.1) is 16.7 Å². The standard InChI is InChI=1S/C14H22N2O2S/c1-10(13-9-19-11(2)15-13)16-7-5-12(6-8-16)3-4-14(17)18/h9-10,12H,3-8H2,1-2H3,(H,17,18). The Balaban J connectivity index is 1.81. The van der Waals surface area contributed by atoms with E-state index >= 15 is 0 Å². The summed E-state index contributed by atoms with van der Waals surface area (Å²) in [5.74, 6) is -0.0922. The molecule has 1 aliphatic rings. The van der Waals surface area contributed by atoms with Crippen LogP contribution in [0.2, 0.25) is 0 Å². The summed E-state index contributed by atoms with van der Waals surface area (Å²) < 4.78 is 0. The molecule has 1 N–H and O–H groups in total. The molecule has 0 aromatic carbocycles. The van der Waals surface area contributed by atoms with Gasteiger partial charge in [-0.05, 0) is 52.1 Å². The van der Waals surface area contributed by atoms with Gasteiger partial charge in [0, 0.05) is 11.8 Å². The second-order valence-electron chi connectivity index (χ2n) is 5.38. The Hall–Kier alpha value is -0.940. The monoisotopic (exact) mass is 282 g/mol. The minimum absolute atomic E-state index is 0.311. The van der Waals surface area contributed by atoms with Crippen molar-refractivity contribution in [3.05, 3.63) is 16.1 Å². The summed E-state index contributed by atoms with van der Waals surface area (Å²) in [6.07, 6.45) is 3.36. The molecule has 0 spiro atoms. The lowest BCUT2D eigenvalue weighted by atomic mass is 9.91. The molecule has 0 radical (unpaired) electrons. The zero-order valence-electron chi connectivity index (χ0n) is 11.6. The number of thiazole rings is 1. The van der Waals surface area contributed by atoms with Crippen molar-refractivity contribution in [1.82, 2.24) is 9.88 Å². The van der Waals surface area contributed by atoms with Gasteiger partial charge in [-0.3, -0.25) is 9.69 Å². The zero-order chi connectivity index (χ0) is 13.8. The Morgan fingerprint density at radius 1 is 1.58 bits per heavy atom. The molecular weight excluding hydrogens is 260 g/mol. The molecule has 5 heteroatoms. The molecule has 1 fully saturated rings. The molecule has 0 amide bonds. The number of piperidine rings is 1. The van der Waals surface area contributed by atoms with Gasteiger partial charge in [0.15, 0.2) is 0 Å². The first-order chi connectivity index (χ1) is 9.06. The van der Waals surface area contributed by atoms with Crippen LogP contribution in [0, 0.1) is 12.8 Å². The summed E-state index contributed by atoms with van der Waals surface area (Å²) in [5, 5.41) is 12.0. The number of rotatable bonds is 5. The molecule has 19 heavy (non-hydrogen) atoms. The molecule has 1 unspecified atom stereocenters. The van der Waals surface area contributed by atoms with E-state index in [1.807, 2.05) is 6.92 Å². The Morgan fingerprint density at radius 3 is 2.79 bits per heavy atom. The third kappa shape index (κ3) is 4.01. The van der Waals surface area contributed by atoms with Crippen LogP contribution in [-0.2, 0) is 4.79 Å². The summed E-state index contributed by atoms with van der Waals surface area (Å²) in [6.45, 7) is 6.37. The lowest BCUT2D eigenvalue weighted by Crippen LogP contribution is -2.36. The van der Waals surface area contributed by atoms with Crippen molar-refractivity contribution in [1.29, 1.82) is 0 Å². The van der Waals surface area contributed by atoms with Gasteiger partial charge >= 0.3 is 5.97 Å². The van der Waals surface area contributed by atoms with E-state index in [1.165, 1.54) is 5.69 Å². The molecule has 1 aliphatic heterocycles. The fourth-order valence-electron chi connectivity index (χ4n) is 2.72. The average Bonchev–Trinajstić information content (AvgIpc) is 2.83. The first-order valence-corrected chi connectivity index (χ1v) is 7.82. The topological polar surface area (TPSA) is 53.4 Å². The van der Waals surface area contributed by atoms with E-state index in [9.17, 15) is 4.79 Å². The highest BCUT2D eigenvalue weighted by atomic mass is 32.1. The van der Waals surface area contributed by atoms with Crippen molar-refractivity contribution < 1.29 is 9.90 Å². The van der Waals surface area contributed by atoms with Gasteiger partial charge in [0.2, 0.25) is 0 Å². The summed E-state index contributed by atoms with van der Waals surface area (Å²) >= 11 is 1.71. The van der Waals surface area contributed by atoms with E-state index in [4.69, 9.17) is 5.11 Å². The third-order valence-electron chi connectivity index (χ3n) is 4.03. The largest absolute Gasteiger partial charge is 0.481 e. The second kappa shape index (κ2) is 6.48. The van der Waals surface area contributed by atoms with Gasteiger partial charge in [-0.1, -0.05) is 0 Å². The van der Waals surface area contributed by atoms with Gasteiger partial charge in [0.25, 0.3) is 0 Å². The molecule has 2 rings (SSSR count). The SMILES string of the molecule is Cc1nc(C(C)N2CCC(CCC(=O)O)CC2)cs1. The number of aryl methyl sites for hydroxylation is 1. The number of hydrogen-bond acceptors (Lipinski definition) is 4. The van der Waals surface area contributed by atoms with E-state index in [0.717, 1.165) is 37.4 Å². The first-order valence-electron chi connectivity index (χ1n) is 6.94. The van der Waals surface area contributed by atoms with E-state index < -0.39 is 5.97 Å². The van der Waals surface area contributed by atoms with Crippen molar-refractivity contribution in [3.63, 3.8) is 0 Å². The van der Waals surface area contributed by atoms with E-state index in [-0.39, 0.29) is 0 Å². The van der Waals surface area contributed by atoms with Crippen LogP contribution < -0.4 is 0 Å². The van der Waals surface area contributed by atoms with Crippen molar-refractivity contribution >= 4 is 17.3 Å². The molecule has 106 valence electrons. The fourth-order valence-corrected chi connectivity index (χ4v) is 3.41. The van der Waals surface area contributed by atoms with E-state index in [1.54, 1.807) is 11.3 Å². The maximum absolute atomic E-state index is 10.6. The molecule has 1 saturated heterocycles. The number of hydrogen-bond donors (Lipinski definition) is 1. The third-order valence-corrected chi connectivity index (χ3v) is 4.82. The van der Waals surface area contributed by atoms with Crippen LogP contribution >= 0.6 is 11.3 Å². The highest BCUT2D eigenvalue weighted by Gasteiger charge is 2.24. The van der Waals surface area contributed by atoms with Crippen molar-refractivity contribution in [3.8, 4) is 0 Å². The summed E-state index contributed by atoms with van der Waals surface area (Å²) in [7, 11) is 0. The van der Waals surface area contributed by atoms with Gasteiger partial charge in [-0.25, -0.2) is 4.98 Å². The molecule has 4 nitrogen and oxygen atoms in total. The number of carbonyl (C=O) groups is 1. The molecular formula is C14H22N2O2S. The van der Waals surface area contributed by atoms with Crippen LogP contribution in [0.4, 0.5) is 0 Å². The summed E-state index contributed by atoms with van der Waals surface area (Å²) in [6, 6.07) is 0.380. The number of nitrogens with zero attached hydrogens (tertiary/aromatic N) is 2. The molecule has 0 saturated carbocycles. The lowest BCUT2D eigenvalue weighted by molar-refractivity contribution is -0.137.